The van der Waals surface area contributed by atoms with Crippen molar-refractivity contribution in [2.75, 3.05) is 6.54 Å². The maximum absolute atomic E-state index is 13.1. The van der Waals surface area contributed by atoms with Gasteiger partial charge in [0.2, 0.25) is 19.1 Å². The minimum absolute atomic E-state index is 0.111. The van der Waals surface area contributed by atoms with E-state index < -0.39 is 17.8 Å². The smallest absolute Gasteiger partial charge is 0.416 e. The number of fused-ring (bicyclic) bond motifs is 2. The first-order valence-corrected chi connectivity index (χ1v) is 11.8. The highest BCUT2D eigenvalue weighted by molar-refractivity contribution is 5.89. The molecule has 0 fully saturated rings. The lowest BCUT2D eigenvalue weighted by atomic mass is 9.99. The lowest BCUT2D eigenvalue weighted by Gasteiger charge is -2.12. The summed E-state index contributed by atoms with van der Waals surface area (Å²) >= 11 is 0. The van der Waals surface area contributed by atoms with Crippen LogP contribution >= 0.6 is 0 Å². The Morgan fingerprint density at radius 3 is 2.51 bits per heavy atom. The normalized spacial score (nSPS) is 13.9. The topological polar surface area (TPSA) is 49.4 Å². The molecule has 0 radical (unpaired) electrons. The molecular weight excluding hydrogens is 481 g/mol. The minimum Gasteiger partial charge on any atom is -0.457 e. The second-order valence-corrected chi connectivity index (χ2v) is 8.94. The van der Waals surface area contributed by atoms with E-state index >= 15 is 0 Å². The summed E-state index contributed by atoms with van der Waals surface area (Å²) in [5, 5.41) is 1.60. The van der Waals surface area contributed by atoms with Gasteiger partial charge >= 0.3 is 6.18 Å². The van der Waals surface area contributed by atoms with Crippen LogP contribution in [0.4, 0.5) is 18.9 Å². The zero-order valence-electron chi connectivity index (χ0n) is 19.9. The molecule has 37 heavy (non-hydrogen) atoms. The molecule has 0 N–H and O–H groups in total. The average Bonchev–Trinajstić information content (AvgIpc) is 2.88. The van der Waals surface area contributed by atoms with Crippen molar-refractivity contribution in [3.8, 4) is 11.5 Å². The molecule has 4 aromatic carbocycles. The van der Waals surface area contributed by atoms with E-state index in [4.69, 9.17) is 4.74 Å². The number of hydrogen-bond donors (Lipinski definition) is 0. The van der Waals surface area contributed by atoms with Crippen molar-refractivity contribution in [3.05, 3.63) is 117 Å². The first kappa shape index (κ1) is 24.4. The van der Waals surface area contributed by atoms with Gasteiger partial charge in [0, 0.05) is 37.2 Å². The van der Waals surface area contributed by atoms with Crippen molar-refractivity contribution >= 4 is 22.5 Å². The summed E-state index contributed by atoms with van der Waals surface area (Å²) in [6.45, 7) is 2.14. The average molecular weight is 505 g/mol. The fourth-order valence-corrected chi connectivity index (χ4v) is 4.51. The third-order valence-corrected chi connectivity index (χ3v) is 6.45. The molecule has 0 spiro atoms. The Kier molecular flexibility index (Phi) is 6.33. The Morgan fingerprint density at radius 1 is 1.00 bits per heavy atom. The number of ether oxygens (including phenoxy) is 1. The second kappa shape index (κ2) is 9.61. The van der Waals surface area contributed by atoms with E-state index in [0.29, 0.717) is 17.0 Å². The summed E-state index contributed by atoms with van der Waals surface area (Å²) in [6.07, 6.45) is -0.723. The third-order valence-electron chi connectivity index (χ3n) is 6.45. The van der Waals surface area contributed by atoms with E-state index in [1.807, 2.05) is 48.5 Å². The molecule has 1 atom stereocenters. The monoisotopic (exact) mass is 504 g/mol. The van der Waals surface area contributed by atoms with Gasteiger partial charge in [0.05, 0.1) is 11.1 Å². The van der Waals surface area contributed by atoms with E-state index in [1.54, 1.807) is 25.1 Å². The summed E-state index contributed by atoms with van der Waals surface area (Å²) in [5.41, 5.74) is 2.05. The molecule has 0 aliphatic carbocycles. The number of halogens is 3. The Labute approximate surface area is 211 Å². The van der Waals surface area contributed by atoms with Gasteiger partial charge in [0.15, 0.2) is 0 Å². The van der Waals surface area contributed by atoms with Gasteiger partial charge in [-0.15, -0.1) is 0 Å². The first-order chi connectivity index (χ1) is 17.7. The molecule has 0 saturated heterocycles. The van der Waals surface area contributed by atoms with Crippen LogP contribution in [0.1, 0.15) is 35.2 Å². The number of benzene rings is 4. The largest absolute Gasteiger partial charge is 0.457 e. The third kappa shape index (κ3) is 5.00. The van der Waals surface area contributed by atoms with Crippen molar-refractivity contribution in [1.82, 2.24) is 0 Å². The fraction of sp³-hybridized carbons (Fsp3) is 0.172. The van der Waals surface area contributed by atoms with Crippen LogP contribution in [0.2, 0.25) is 0 Å². The fourth-order valence-electron chi connectivity index (χ4n) is 4.51. The highest BCUT2D eigenvalue weighted by Gasteiger charge is 2.34. The van der Waals surface area contributed by atoms with Gasteiger partial charge in [-0.05, 0) is 66.1 Å². The number of para-hydroxylation sites is 1. The van der Waals surface area contributed by atoms with Gasteiger partial charge in [-0.3, -0.25) is 0 Å². The second-order valence-electron chi connectivity index (χ2n) is 8.94. The predicted octanol–water partition coefficient (Wildman–Crippen LogP) is 8.13. The minimum atomic E-state index is -4.41. The van der Waals surface area contributed by atoms with E-state index in [9.17, 15) is 23.0 Å². The van der Waals surface area contributed by atoms with E-state index in [-0.39, 0.29) is 18.8 Å². The highest BCUT2D eigenvalue weighted by atomic mass is 19.4. The van der Waals surface area contributed by atoms with Gasteiger partial charge in [-0.2, -0.15) is 13.2 Å². The number of hydrogen-bond acceptors (Lipinski definition) is 3. The molecule has 0 aromatic heterocycles. The van der Waals surface area contributed by atoms with Gasteiger partial charge < -0.3 is 4.74 Å². The van der Waals surface area contributed by atoms with E-state index in [0.717, 1.165) is 43.6 Å². The zero-order chi connectivity index (χ0) is 26.2. The van der Waals surface area contributed by atoms with Crippen LogP contribution in [0.25, 0.3) is 16.8 Å². The summed E-state index contributed by atoms with van der Waals surface area (Å²) < 4.78 is 46.2. The van der Waals surface area contributed by atoms with Crippen LogP contribution in [0.15, 0.2) is 84.9 Å². The maximum atomic E-state index is 13.1. The molecule has 0 bridgehead atoms. The number of rotatable bonds is 6. The molecule has 4 aromatic rings. The van der Waals surface area contributed by atoms with Crippen LogP contribution in [0.3, 0.4) is 0 Å². The van der Waals surface area contributed by atoms with Gasteiger partial charge in [0.1, 0.15) is 17.1 Å². The molecule has 0 saturated carbocycles. The molecule has 1 aliphatic rings. The lowest BCUT2D eigenvalue weighted by molar-refractivity contribution is -0.605. The summed E-state index contributed by atoms with van der Waals surface area (Å²) in [6, 6.07) is 20.4. The van der Waals surface area contributed by atoms with Crippen LogP contribution < -0.4 is 4.74 Å². The van der Waals surface area contributed by atoms with Crippen molar-refractivity contribution in [3.63, 3.8) is 0 Å². The predicted molar refractivity (Wildman–Crippen MR) is 135 cm³/mol. The molecule has 0 amide bonds. The first-order valence-electron chi connectivity index (χ1n) is 11.8. The standard InChI is InChI=1S/C29H23F3N2O3/c1-19(25-8-2-5-21-7-4-16-33(35)28(21)25)34(36)18-20-10-15-26-22(17-20)6-3-9-27(26)37-24-13-11-23(12-14-24)29(30,31)32/h2-15,17,19H,16,18H2,1H3/q+2/t19-/m1/s1. The van der Waals surface area contributed by atoms with Gasteiger partial charge in [0.25, 0.3) is 5.69 Å². The number of nitrogens with zero attached hydrogens (tertiary/aromatic N) is 2. The van der Waals surface area contributed by atoms with Crippen LogP contribution in [-0.4, -0.2) is 16.1 Å². The van der Waals surface area contributed by atoms with Crippen molar-refractivity contribution < 1.29 is 27.4 Å². The van der Waals surface area contributed by atoms with Crippen LogP contribution in [0.5, 0.6) is 11.5 Å². The molecule has 8 heteroatoms. The molecule has 1 heterocycles. The molecule has 0 unspecified atom stereocenters. The van der Waals surface area contributed by atoms with Crippen LogP contribution in [0, 0.1) is 9.81 Å². The lowest BCUT2D eigenvalue weighted by Crippen LogP contribution is -2.17. The summed E-state index contributed by atoms with van der Waals surface area (Å²) in [5.74, 6) is 0.785. The molecule has 186 valence electrons. The number of nitroso groups, excluding NO2 is 2. The summed E-state index contributed by atoms with van der Waals surface area (Å²) in [7, 11) is 0. The Balaban J connectivity index is 1.36. The molecule has 5 nitrogen and oxygen atoms in total. The van der Waals surface area contributed by atoms with Crippen molar-refractivity contribution in [2.45, 2.75) is 25.7 Å². The van der Waals surface area contributed by atoms with Gasteiger partial charge in [-0.1, -0.05) is 30.3 Å². The van der Waals surface area contributed by atoms with Crippen LogP contribution in [-0.2, 0) is 12.7 Å². The van der Waals surface area contributed by atoms with Crippen molar-refractivity contribution in [2.24, 2.45) is 0 Å². The van der Waals surface area contributed by atoms with E-state index in [1.165, 1.54) is 12.1 Å². The highest BCUT2D eigenvalue weighted by Crippen LogP contribution is 2.36. The zero-order valence-corrected chi connectivity index (χ0v) is 19.9. The Hall–Kier alpha value is -4.33. The Bertz CT molecular complexity index is 1540. The Morgan fingerprint density at radius 2 is 1.76 bits per heavy atom. The molecule has 1 aliphatic heterocycles. The quantitative estimate of drug-likeness (QED) is 0.249. The molecular formula is C29H23F3N2O3+2. The molecule has 5 rings (SSSR count). The SMILES string of the molecule is C[C@H](c1cccc2c1[N+](=O)CC=C2)[N+](=O)Cc1ccc2c(Oc3ccc(C(F)(F)F)cc3)cccc2c1. The number of alkyl halides is 3. The van der Waals surface area contributed by atoms with Gasteiger partial charge in [-0.25, -0.2) is 0 Å². The summed E-state index contributed by atoms with van der Waals surface area (Å²) in [4.78, 5) is 25.6. The maximum Gasteiger partial charge on any atom is 0.416 e. The van der Waals surface area contributed by atoms with Crippen molar-refractivity contribution in [1.29, 1.82) is 0 Å². The van der Waals surface area contributed by atoms with E-state index in [2.05, 4.69) is 0 Å².